The maximum absolute atomic E-state index is 12.5. The minimum Gasteiger partial charge on any atom is -0.338 e. The molecule has 2 N–H and O–H groups in total. The van der Waals surface area contributed by atoms with E-state index in [1.54, 1.807) is 6.07 Å². The van der Waals surface area contributed by atoms with Crippen LogP contribution in [0.5, 0.6) is 0 Å². The molecule has 1 aliphatic heterocycles. The summed E-state index contributed by atoms with van der Waals surface area (Å²) in [5, 5.41) is 0.668. The van der Waals surface area contributed by atoms with Gasteiger partial charge in [-0.05, 0) is 43.0 Å². The summed E-state index contributed by atoms with van der Waals surface area (Å²) in [4.78, 5) is 14.5. The molecule has 0 spiro atoms. The lowest BCUT2D eigenvalue weighted by molar-refractivity contribution is 0.0648. The van der Waals surface area contributed by atoms with Gasteiger partial charge < -0.3 is 10.6 Å². The largest absolute Gasteiger partial charge is 0.338 e. The summed E-state index contributed by atoms with van der Waals surface area (Å²) in [5.41, 5.74) is 7.76. The highest BCUT2D eigenvalue weighted by molar-refractivity contribution is 6.30. The van der Waals surface area contributed by atoms with Crippen LogP contribution in [-0.4, -0.2) is 29.9 Å². The number of piperidine rings is 1. The van der Waals surface area contributed by atoms with Crippen LogP contribution >= 0.6 is 11.6 Å². The zero-order chi connectivity index (χ0) is 14.0. The Balaban J connectivity index is 2.15. The van der Waals surface area contributed by atoms with E-state index in [9.17, 15) is 4.79 Å². The molecule has 104 valence electrons. The predicted molar refractivity (Wildman–Crippen MR) is 78.5 cm³/mol. The molecule has 1 amide bonds. The molecule has 1 aliphatic rings. The van der Waals surface area contributed by atoms with Gasteiger partial charge in [-0.3, -0.25) is 4.79 Å². The van der Waals surface area contributed by atoms with Gasteiger partial charge in [-0.1, -0.05) is 24.9 Å². The second-order valence-electron chi connectivity index (χ2n) is 5.33. The number of rotatable bonds is 2. The molecule has 1 saturated heterocycles. The van der Waals surface area contributed by atoms with Crippen molar-refractivity contribution < 1.29 is 4.79 Å². The van der Waals surface area contributed by atoms with Crippen LogP contribution in [0, 0.1) is 12.8 Å². The summed E-state index contributed by atoms with van der Waals surface area (Å²) in [5.74, 6) is 0.504. The van der Waals surface area contributed by atoms with E-state index in [1.807, 2.05) is 24.0 Å². The van der Waals surface area contributed by atoms with Crippen LogP contribution in [-0.2, 0) is 0 Å². The van der Waals surface area contributed by atoms with Crippen molar-refractivity contribution in [3.8, 4) is 0 Å². The van der Waals surface area contributed by atoms with E-state index < -0.39 is 0 Å². The molecule has 1 heterocycles. The van der Waals surface area contributed by atoms with Crippen molar-refractivity contribution in [3.63, 3.8) is 0 Å². The van der Waals surface area contributed by atoms with Crippen LogP contribution in [0.3, 0.4) is 0 Å². The van der Waals surface area contributed by atoms with E-state index in [2.05, 4.69) is 6.92 Å². The number of aryl methyl sites for hydroxylation is 1. The molecule has 2 unspecified atom stereocenters. The molecule has 0 aliphatic carbocycles. The number of nitrogens with zero attached hydrogens (tertiary/aromatic N) is 1. The van der Waals surface area contributed by atoms with Gasteiger partial charge in [0.05, 0.1) is 0 Å². The Kier molecular flexibility index (Phi) is 4.48. The average Bonchev–Trinajstić information content (AvgIpc) is 2.38. The van der Waals surface area contributed by atoms with Crippen LogP contribution < -0.4 is 5.73 Å². The summed E-state index contributed by atoms with van der Waals surface area (Å²) in [6, 6.07) is 5.65. The lowest BCUT2D eigenvalue weighted by Crippen LogP contribution is -2.49. The third kappa shape index (κ3) is 3.10. The smallest absolute Gasteiger partial charge is 0.254 e. The van der Waals surface area contributed by atoms with Gasteiger partial charge in [0, 0.05) is 29.7 Å². The topological polar surface area (TPSA) is 46.3 Å². The van der Waals surface area contributed by atoms with Gasteiger partial charge in [-0.2, -0.15) is 0 Å². The quantitative estimate of drug-likeness (QED) is 0.905. The molecule has 4 heteroatoms. The molecule has 2 atom stereocenters. The average molecular weight is 281 g/mol. The number of nitrogens with two attached hydrogens (primary N) is 1. The lowest BCUT2D eigenvalue weighted by atomic mass is 9.90. The van der Waals surface area contributed by atoms with Gasteiger partial charge in [-0.25, -0.2) is 0 Å². The van der Waals surface area contributed by atoms with Crippen molar-refractivity contribution in [2.45, 2.75) is 32.7 Å². The molecule has 0 bridgehead atoms. The van der Waals surface area contributed by atoms with E-state index in [-0.39, 0.29) is 11.9 Å². The van der Waals surface area contributed by atoms with Gasteiger partial charge in [0.25, 0.3) is 5.91 Å². The number of carbonyl (C=O) groups is 1. The van der Waals surface area contributed by atoms with Crippen molar-refractivity contribution in [1.82, 2.24) is 4.90 Å². The molecular weight excluding hydrogens is 260 g/mol. The first-order valence-electron chi connectivity index (χ1n) is 6.84. The summed E-state index contributed by atoms with van der Waals surface area (Å²) >= 11 is 5.93. The van der Waals surface area contributed by atoms with Crippen LogP contribution in [0.15, 0.2) is 18.2 Å². The highest BCUT2D eigenvalue weighted by atomic mass is 35.5. The predicted octanol–water partition coefficient (Wildman–Crippen LogP) is 2.85. The van der Waals surface area contributed by atoms with Gasteiger partial charge >= 0.3 is 0 Å². The first-order chi connectivity index (χ1) is 9.02. The Bertz CT molecular complexity index is 475. The van der Waals surface area contributed by atoms with Crippen molar-refractivity contribution >= 4 is 17.5 Å². The van der Waals surface area contributed by atoms with Gasteiger partial charge in [0.1, 0.15) is 0 Å². The summed E-state index contributed by atoms with van der Waals surface area (Å²) in [6.45, 7) is 5.56. The lowest BCUT2D eigenvalue weighted by Gasteiger charge is -2.36. The van der Waals surface area contributed by atoms with Crippen LogP contribution in [0.4, 0.5) is 0 Å². The van der Waals surface area contributed by atoms with Crippen LogP contribution in [0.1, 0.15) is 35.7 Å². The van der Waals surface area contributed by atoms with Crippen molar-refractivity contribution in [2.24, 2.45) is 11.7 Å². The van der Waals surface area contributed by atoms with E-state index in [0.29, 0.717) is 10.9 Å². The van der Waals surface area contributed by atoms with Gasteiger partial charge in [-0.15, -0.1) is 0 Å². The highest BCUT2D eigenvalue weighted by Gasteiger charge is 2.29. The number of carbonyl (C=O) groups excluding carboxylic acids is 1. The van der Waals surface area contributed by atoms with E-state index in [0.717, 1.165) is 37.1 Å². The van der Waals surface area contributed by atoms with E-state index >= 15 is 0 Å². The molecule has 0 radical (unpaired) electrons. The minimum atomic E-state index is 0.0968. The zero-order valence-electron chi connectivity index (χ0n) is 11.5. The van der Waals surface area contributed by atoms with Crippen LogP contribution in [0.25, 0.3) is 0 Å². The minimum absolute atomic E-state index is 0.0968. The SMILES string of the molecule is CCC1CN(C(=O)c2ccc(Cl)cc2C)CCC1N. The number of halogens is 1. The van der Waals surface area contributed by atoms with Crippen molar-refractivity contribution in [3.05, 3.63) is 34.3 Å². The standard InChI is InChI=1S/C15H21ClN2O/c1-3-11-9-18(7-6-14(11)17)15(19)13-5-4-12(16)8-10(13)2/h4-5,8,11,14H,3,6-7,9,17H2,1-2H3. The Morgan fingerprint density at radius 3 is 2.89 bits per heavy atom. The molecule has 0 aromatic heterocycles. The third-order valence-corrected chi connectivity index (χ3v) is 4.26. The maximum atomic E-state index is 12.5. The Morgan fingerprint density at radius 1 is 1.53 bits per heavy atom. The van der Waals surface area contributed by atoms with Crippen molar-refractivity contribution in [1.29, 1.82) is 0 Å². The number of amides is 1. The molecule has 0 saturated carbocycles. The van der Waals surface area contributed by atoms with E-state index in [4.69, 9.17) is 17.3 Å². The summed E-state index contributed by atoms with van der Waals surface area (Å²) in [7, 11) is 0. The fraction of sp³-hybridized carbons (Fsp3) is 0.533. The summed E-state index contributed by atoms with van der Waals surface area (Å²) < 4.78 is 0. The number of hydrogen-bond donors (Lipinski definition) is 1. The van der Waals surface area contributed by atoms with Crippen LogP contribution in [0.2, 0.25) is 5.02 Å². The number of hydrogen-bond acceptors (Lipinski definition) is 2. The zero-order valence-corrected chi connectivity index (χ0v) is 12.3. The maximum Gasteiger partial charge on any atom is 0.254 e. The third-order valence-electron chi connectivity index (χ3n) is 4.02. The van der Waals surface area contributed by atoms with Gasteiger partial charge in [0.2, 0.25) is 0 Å². The second-order valence-corrected chi connectivity index (χ2v) is 5.77. The van der Waals surface area contributed by atoms with E-state index in [1.165, 1.54) is 0 Å². The molecule has 1 aromatic rings. The molecule has 1 aromatic carbocycles. The fourth-order valence-corrected chi connectivity index (χ4v) is 2.93. The second kappa shape index (κ2) is 5.93. The first-order valence-corrected chi connectivity index (χ1v) is 7.21. The normalized spacial score (nSPS) is 23.5. The molecular formula is C15H21ClN2O. The first kappa shape index (κ1) is 14.4. The Hall–Kier alpha value is -1.06. The molecule has 1 fully saturated rings. The molecule has 3 nitrogen and oxygen atoms in total. The van der Waals surface area contributed by atoms with Crippen molar-refractivity contribution in [2.75, 3.05) is 13.1 Å². The number of benzene rings is 1. The van der Waals surface area contributed by atoms with Gasteiger partial charge in [0.15, 0.2) is 0 Å². The summed E-state index contributed by atoms with van der Waals surface area (Å²) in [6.07, 6.45) is 1.90. The molecule has 2 rings (SSSR count). The monoisotopic (exact) mass is 280 g/mol. The Labute approximate surface area is 119 Å². The fourth-order valence-electron chi connectivity index (χ4n) is 2.70. The molecule has 19 heavy (non-hydrogen) atoms. The number of likely N-dealkylation sites (tertiary alicyclic amines) is 1. The highest BCUT2D eigenvalue weighted by Crippen LogP contribution is 2.22. The Morgan fingerprint density at radius 2 is 2.26 bits per heavy atom.